The van der Waals surface area contributed by atoms with Gasteiger partial charge in [-0.05, 0) is 23.1 Å². The van der Waals surface area contributed by atoms with Crippen LogP contribution in [0.25, 0.3) is 0 Å². The summed E-state index contributed by atoms with van der Waals surface area (Å²) in [4.78, 5) is 10.5. The van der Waals surface area contributed by atoms with Crippen LogP contribution in [-0.4, -0.2) is 22.8 Å². The standard InChI is InChI=1S/C18H16Cl2F2O4/c1-8(2)15-12(23)4-3-9(17(15)21)5-10-11(19)6-13(18(22)16(10)20)26-7-14(24)25/h3-4,6,8,23H,5,7H2,1-2H3,(H,24,25). The lowest BCUT2D eigenvalue weighted by Crippen LogP contribution is -2.11. The third-order valence-corrected chi connectivity index (χ3v) is 4.48. The Morgan fingerprint density at radius 2 is 1.88 bits per heavy atom. The molecule has 0 aromatic heterocycles. The van der Waals surface area contributed by atoms with Gasteiger partial charge in [0, 0.05) is 23.1 Å². The highest BCUT2D eigenvalue weighted by Gasteiger charge is 2.21. The van der Waals surface area contributed by atoms with Crippen molar-refractivity contribution in [1.82, 2.24) is 0 Å². The molecule has 0 aliphatic rings. The molecule has 0 unspecified atom stereocenters. The summed E-state index contributed by atoms with van der Waals surface area (Å²) in [6, 6.07) is 3.83. The van der Waals surface area contributed by atoms with Crippen molar-refractivity contribution in [3.05, 3.63) is 56.6 Å². The van der Waals surface area contributed by atoms with Crippen LogP contribution >= 0.6 is 23.2 Å². The van der Waals surface area contributed by atoms with Gasteiger partial charge in [0.1, 0.15) is 11.6 Å². The number of aromatic hydroxyl groups is 1. The number of hydrogen-bond donors (Lipinski definition) is 2. The van der Waals surface area contributed by atoms with E-state index in [1.165, 1.54) is 12.1 Å². The van der Waals surface area contributed by atoms with Crippen molar-refractivity contribution in [2.45, 2.75) is 26.2 Å². The van der Waals surface area contributed by atoms with E-state index in [4.69, 9.17) is 33.0 Å². The number of carboxylic acids is 1. The minimum atomic E-state index is -1.28. The largest absolute Gasteiger partial charge is 0.508 e. The summed E-state index contributed by atoms with van der Waals surface area (Å²) in [6.07, 6.45) is -0.111. The van der Waals surface area contributed by atoms with Gasteiger partial charge in [0.15, 0.2) is 18.2 Å². The molecule has 0 amide bonds. The molecule has 0 heterocycles. The van der Waals surface area contributed by atoms with E-state index in [0.29, 0.717) is 0 Å². The summed E-state index contributed by atoms with van der Waals surface area (Å²) in [5.41, 5.74) is 0.471. The Kier molecular flexibility index (Phi) is 6.31. The van der Waals surface area contributed by atoms with E-state index in [1.54, 1.807) is 13.8 Å². The number of benzene rings is 2. The van der Waals surface area contributed by atoms with Crippen molar-refractivity contribution in [2.24, 2.45) is 0 Å². The van der Waals surface area contributed by atoms with Crippen molar-refractivity contribution in [1.29, 1.82) is 0 Å². The van der Waals surface area contributed by atoms with Crippen LogP contribution in [0.1, 0.15) is 36.5 Å². The fraction of sp³-hybridized carbons (Fsp3) is 0.278. The first-order valence-corrected chi connectivity index (χ1v) is 8.40. The van der Waals surface area contributed by atoms with Gasteiger partial charge in [0.2, 0.25) is 0 Å². The Morgan fingerprint density at radius 1 is 1.23 bits per heavy atom. The number of ether oxygens (including phenoxy) is 1. The number of carboxylic acid groups (broad SMARTS) is 1. The topological polar surface area (TPSA) is 66.8 Å². The molecule has 2 N–H and O–H groups in total. The summed E-state index contributed by atoms with van der Waals surface area (Å²) < 4.78 is 33.8. The molecule has 4 nitrogen and oxygen atoms in total. The minimum absolute atomic E-state index is 0.00959. The normalized spacial score (nSPS) is 11.0. The molecule has 0 saturated carbocycles. The maximum Gasteiger partial charge on any atom is 0.341 e. The molecule has 8 heteroatoms. The second-order valence-corrected chi connectivity index (χ2v) is 6.73. The Bertz CT molecular complexity index is 854. The van der Waals surface area contributed by atoms with Crippen LogP contribution in [0.5, 0.6) is 11.5 Å². The van der Waals surface area contributed by atoms with Gasteiger partial charge in [-0.3, -0.25) is 0 Å². The predicted molar refractivity (Wildman–Crippen MR) is 94.5 cm³/mol. The van der Waals surface area contributed by atoms with Gasteiger partial charge in [0.05, 0.1) is 5.02 Å². The second kappa shape index (κ2) is 8.10. The third-order valence-electron chi connectivity index (χ3n) is 3.75. The van der Waals surface area contributed by atoms with Crippen molar-refractivity contribution in [2.75, 3.05) is 6.61 Å². The monoisotopic (exact) mass is 404 g/mol. The van der Waals surface area contributed by atoms with Crippen LogP contribution in [0.15, 0.2) is 18.2 Å². The van der Waals surface area contributed by atoms with Crippen molar-refractivity contribution in [3.63, 3.8) is 0 Å². The smallest absolute Gasteiger partial charge is 0.341 e. The molecule has 0 spiro atoms. The Hall–Kier alpha value is -2.05. The molecular formula is C18H16Cl2F2O4. The highest BCUT2D eigenvalue weighted by atomic mass is 35.5. The average Bonchev–Trinajstić information content (AvgIpc) is 2.55. The van der Waals surface area contributed by atoms with Gasteiger partial charge in [-0.15, -0.1) is 0 Å². The van der Waals surface area contributed by atoms with E-state index in [2.05, 4.69) is 0 Å². The predicted octanol–water partition coefficient (Wildman–Crippen LogP) is 5.15. The molecule has 26 heavy (non-hydrogen) atoms. The maximum absolute atomic E-state index is 14.7. The lowest BCUT2D eigenvalue weighted by molar-refractivity contribution is -0.139. The van der Waals surface area contributed by atoms with Crippen LogP contribution in [0.4, 0.5) is 8.78 Å². The fourth-order valence-corrected chi connectivity index (χ4v) is 3.09. The van der Waals surface area contributed by atoms with E-state index < -0.39 is 30.0 Å². The summed E-state index contributed by atoms with van der Waals surface area (Å²) in [6.45, 7) is 2.71. The van der Waals surface area contributed by atoms with Crippen LogP contribution in [0, 0.1) is 11.6 Å². The van der Waals surface area contributed by atoms with Crippen LogP contribution in [0.3, 0.4) is 0 Å². The van der Waals surface area contributed by atoms with E-state index in [-0.39, 0.29) is 44.8 Å². The summed E-state index contributed by atoms with van der Waals surface area (Å²) in [7, 11) is 0. The summed E-state index contributed by atoms with van der Waals surface area (Å²) in [5.74, 6) is -3.70. The fourth-order valence-electron chi connectivity index (χ4n) is 2.52. The molecular weight excluding hydrogens is 389 g/mol. The molecule has 2 rings (SSSR count). The maximum atomic E-state index is 14.7. The van der Waals surface area contributed by atoms with E-state index in [9.17, 15) is 18.7 Å². The summed E-state index contributed by atoms with van der Waals surface area (Å²) >= 11 is 12.1. The Balaban J connectivity index is 2.44. The number of carbonyl (C=O) groups is 1. The molecule has 0 bridgehead atoms. The van der Waals surface area contributed by atoms with Gasteiger partial charge in [-0.25, -0.2) is 13.6 Å². The zero-order chi connectivity index (χ0) is 19.6. The molecule has 140 valence electrons. The van der Waals surface area contributed by atoms with Crippen LogP contribution in [-0.2, 0) is 11.2 Å². The Labute approximate surface area is 158 Å². The molecule has 0 aliphatic carbocycles. The molecule has 0 fully saturated rings. The molecule has 0 saturated heterocycles. The van der Waals surface area contributed by atoms with Crippen molar-refractivity contribution < 1.29 is 28.5 Å². The highest BCUT2D eigenvalue weighted by Crippen LogP contribution is 2.37. The average molecular weight is 405 g/mol. The lowest BCUT2D eigenvalue weighted by atomic mass is 9.95. The zero-order valence-corrected chi connectivity index (χ0v) is 15.5. The highest BCUT2D eigenvalue weighted by molar-refractivity contribution is 6.36. The van der Waals surface area contributed by atoms with Crippen LogP contribution < -0.4 is 4.74 Å². The van der Waals surface area contributed by atoms with Gasteiger partial charge in [-0.2, -0.15) is 0 Å². The molecule has 0 atom stereocenters. The molecule has 0 radical (unpaired) electrons. The van der Waals surface area contributed by atoms with E-state index in [1.807, 2.05) is 0 Å². The van der Waals surface area contributed by atoms with Gasteiger partial charge < -0.3 is 14.9 Å². The minimum Gasteiger partial charge on any atom is -0.508 e. The first-order chi connectivity index (χ1) is 12.1. The van der Waals surface area contributed by atoms with Crippen molar-refractivity contribution in [3.8, 4) is 11.5 Å². The SMILES string of the molecule is CC(C)c1c(O)ccc(Cc2c(Cl)cc(OCC(=O)O)c(F)c2Cl)c1F. The number of hydrogen-bond acceptors (Lipinski definition) is 3. The lowest BCUT2D eigenvalue weighted by Gasteiger charge is -2.15. The summed E-state index contributed by atoms with van der Waals surface area (Å²) in [5, 5.41) is 18.1. The molecule has 2 aromatic rings. The van der Waals surface area contributed by atoms with E-state index in [0.717, 1.165) is 6.07 Å². The molecule has 0 aliphatic heterocycles. The quantitative estimate of drug-likeness (QED) is 0.652. The van der Waals surface area contributed by atoms with Crippen LogP contribution in [0.2, 0.25) is 10.0 Å². The number of phenolic OH excluding ortho intramolecular Hbond substituents is 1. The zero-order valence-electron chi connectivity index (χ0n) is 13.9. The number of halogens is 4. The first kappa shape index (κ1) is 20.3. The van der Waals surface area contributed by atoms with Gasteiger partial charge >= 0.3 is 5.97 Å². The second-order valence-electron chi connectivity index (χ2n) is 5.95. The Morgan fingerprint density at radius 3 is 2.46 bits per heavy atom. The number of phenols is 1. The number of rotatable bonds is 6. The van der Waals surface area contributed by atoms with Gasteiger partial charge in [-0.1, -0.05) is 43.1 Å². The third kappa shape index (κ3) is 4.19. The number of aliphatic carboxylic acids is 1. The van der Waals surface area contributed by atoms with Crippen molar-refractivity contribution >= 4 is 29.2 Å². The molecule has 2 aromatic carbocycles. The van der Waals surface area contributed by atoms with E-state index >= 15 is 0 Å². The first-order valence-electron chi connectivity index (χ1n) is 7.64. The van der Waals surface area contributed by atoms with Gasteiger partial charge in [0.25, 0.3) is 0 Å².